The van der Waals surface area contributed by atoms with Crippen LogP contribution < -0.4 is 10.1 Å². The molecule has 0 fully saturated rings. The molecule has 0 saturated carbocycles. The van der Waals surface area contributed by atoms with Crippen molar-refractivity contribution >= 4 is 46.0 Å². The van der Waals surface area contributed by atoms with Gasteiger partial charge in [0.15, 0.2) is 11.5 Å². The molecule has 4 aromatic rings. The molecule has 3 N–H and O–H groups in total. The second-order valence-electron chi connectivity index (χ2n) is 7.54. The van der Waals surface area contributed by atoms with Crippen LogP contribution in [0.2, 0.25) is 10.0 Å². The Morgan fingerprint density at radius 1 is 1.25 bits per heavy atom. The van der Waals surface area contributed by atoms with Crippen molar-refractivity contribution in [3.63, 3.8) is 0 Å². The Morgan fingerprint density at radius 3 is 2.81 bits per heavy atom. The minimum atomic E-state index is -1.21. The van der Waals surface area contributed by atoms with Crippen molar-refractivity contribution in [2.75, 3.05) is 18.5 Å². The first-order valence-corrected chi connectivity index (χ1v) is 11.4. The van der Waals surface area contributed by atoms with E-state index < -0.39 is 18.1 Å². The maximum absolute atomic E-state index is 13.1. The molecule has 0 saturated heterocycles. The quantitative estimate of drug-likeness (QED) is 0.296. The average Bonchev–Trinajstić information content (AvgIpc) is 3.36. The van der Waals surface area contributed by atoms with Crippen LogP contribution in [0.4, 0.5) is 5.82 Å². The van der Waals surface area contributed by atoms with E-state index in [4.69, 9.17) is 32.7 Å². The number of aliphatic hydroxyl groups is 1. The van der Waals surface area contributed by atoms with Crippen LogP contribution >= 0.6 is 23.2 Å². The summed E-state index contributed by atoms with van der Waals surface area (Å²) in [4.78, 5) is 26.0. The monoisotopic (exact) mass is 527 g/mol. The predicted molar refractivity (Wildman–Crippen MR) is 132 cm³/mol. The Balaban J connectivity index is 1.71. The number of carbonyl (C=O) groups excluding carboxylic acids is 1. The third-order valence-corrected chi connectivity index (χ3v) is 5.49. The summed E-state index contributed by atoms with van der Waals surface area (Å²) in [6.45, 7) is 1.18. The normalized spacial score (nSPS) is 12.6. The number of anilines is 1. The molecule has 0 aliphatic rings. The molecule has 13 heteroatoms. The Bertz CT molecular complexity index is 1420. The van der Waals surface area contributed by atoms with E-state index in [1.54, 1.807) is 31.2 Å². The first-order chi connectivity index (χ1) is 17.4. The van der Waals surface area contributed by atoms with E-state index in [-0.39, 0.29) is 41.3 Å². The number of aromatic nitrogens is 5. The Morgan fingerprint density at radius 2 is 2.08 bits per heavy atom. The lowest BCUT2D eigenvalue weighted by Crippen LogP contribution is -2.38. The van der Waals surface area contributed by atoms with Crippen LogP contribution in [0.25, 0.3) is 22.4 Å². The Labute approximate surface area is 215 Å². The molecule has 1 amide bonds. The summed E-state index contributed by atoms with van der Waals surface area (Å²) >= 11 is 12.2. The van der Waals surface area contributed by atoms with E-state index in [2.05, 4.69) is 36.5 Å². The minimum absolute atomic E-state index is 0.0111. The van der Waals surface area contributed by atoms with Crippen LogP contribution in [0, 0.1) is 11.3 Å². The molecule has 3 aromatic heterocycles. The highest BCUT2D eigenvalue weighted by atomic mass is 35.5. The van der Waals surface area contributed by atoms with Gasteiger partial charge in [-0.3, -0.25) is 9.89 Å². The average molecular weight is 528 g/mol. The largest absolute Gasteiger partial charge is 0.461 e. The van der Waals surface area contributed by atoms with Gasteiger partial charge in [0, 0.05) is 6.20 Å². The summed E-state index contributed by atoms with van der Waals surface area (Å²) in [6.07, 6.45) is 1.08. The molecule has 3 heterocycles. The third kappa shape index (κ3) is 5.69. The van der Waals surface area contributed by atoms with Crippen LogP contribution in [0.1, 0.15) is 12.5 Å². The number of hydrogen-bond donors (Lipinski definition) is 3. The number of carbonyl (C=O) groups is 1. The van der Waals surface area contributed by atoms with Crippen molar-refractivity contribution in [2.24, 2.45) is 0 Å². The van der Waals surface area contributed by atoms with E-state index in [1.165, 1.54) is 18.5 Å². The van der Waals surface area contributed by atoms with Crippen molar-refractivity contribution in [1.29, 1.82) is 5.26 Å². The molecule has 0 bridgehead atoms. The number of ether oxygens (including phenoxy) is 2. The van der Waals surface area contributed by atoms with Crippen LogP contribution in [0.3, 0.4) is 0 Å². The molecular formula is C23H19Cl2N7O4. The molecule has 0 aliphatic heterocycles. The van der Waals surface area contributed by atoms with Crippen molar-refractivity contribution in [3.05, 3.63) is 58.3 Å². The summed E-state index contributed by atoms with van der Waals surface area (Å²) < 4.78 is 11.6. The fourth-order valence-electron chi connectivity index (χ4n) is 3.11. The van der Waals surface area contributed by atoms with E-state index in [1.807, 2.05) is 0 Å². The smallest absolute Gasteiger partial charge is 0.269 e. The predicted octanol–water partition coefficient (Wildman–Crippen LogP) is 3.38. The fourth-order valence-corrected chi connectivity index (χ4v) is 3.48. The molecule has 0 radical (unpaired) electrons. The zero-order chi connectivity index (χ0) is 25.7. The van der Waals surface area contributed by atoms with Crippen molar-refractivity contribution in [2.45, 2.75) is 19.1 Å². The van der Waals surface area contributed by atoms with E-state index in [9.17, 15) is 15.2 Å². The van der Waals surface area contributed by atoms with Crippen molar-refractivity contribution in [3.8, 4) is 23.3 Å². The highest BCUT2D eigenvalue weighted by Crippen LogP contribution is 2.32. The number of pyridine rings is 1. The summed E-state index contributed by atoms with van der Waals surface area (Å²) in [7, 11) is 0. The van der Waals surface area contributed by atoms with Gasteiger partial charge in [-0.25, -0.2) is 9.97 Å². The number of fused-ring (bicyclic) bond motifs is 1. The minimum Gasteiger partial charge on any atom is -0.461 e. The molecule has 11 nitrogen and oxygen atoms in total. The summed E-state index contributed by atoms with van der Waals surface area (Å²) in [5, 5.41) is 29.3. The molecule has 36 heavy (non-hydrogen) atoms. The zero-order valence-electron chi connectivity index (χ0n) is 18.8. The van der Waals surface area contributed by atoms with Crippen LogP contribution in [0.5, 0.6) is 5.88 Å². The van der Waals surface area contributed by atoms with E-state index in [0.717, 1.165) is 0 Å². The van der Waals surface area contributed by atoms with Gasteiger partial charge in [-0.1, -0.05) is 29.3 Å². The number of halogens is 2. The Hall–Kier alpha value is -3.82. The van der Waals surface area contributed by atoms with Gasteiger partial charge in [-0.05, 0) is 31.2 Å². The van der Waals surface area contributed by atoms with Crippen molar-refractivity contribution in [1.82, 2.24) is 25.1 Å². The number of nitriles is 1. The molecule has 0 aliphatic carbocycles. The molecule has 2 atom stereocenters. The van der Waals surface area contributed by atoms with Gasteiger partial charge in [-0.15, -0.1) is 0 Å². The van der Waals surface area contributed by atoms with Crippen LogP contribution in [0.15, 0.2) is 42.7 Å². The first kappa shape index (κ1) is 25.3. The number of H-pyrrole nitrogens is 1. The fraction of sp³-hybridized carbons (Fsp3) is 0.217. The lowest BCUT2D eigenvalue weighted by molar-refractivity contribution is -0.127. The van der Waals surface area contributed by atoms with E-state index >= 15 is 0 Å². The van der Waals surface area contributed by atoms with Gasteiger partial charge in [0.2, 0.25) is 12.0 Å². The SMILES string of the molecule is C[C@H](CO)OC[C@H](Oc1nc(-c2c(Cl)cccc2C#N)nc2[nH]ncc12)C(=O)Nc1ccc(Cl)cn1. The van der Waals surface area contributed by atoms with Gasteiger partial charge in [-0.2, -0.15) is 15.3 Å². The number of nitrogens with zero attached hydrogens (tertiary/aromatic N) is 5. The molecule has 0 spiro atoms. The molecular weight excluding hydrogens is 509 g/mol. The lowest BCUT2D eigenvalue weighted by Gasteiger charge is -2.20. The summed E-state index contributed by atoms with van der Waals surface area (Å²) in [6, 6.07) is 10.0. The molecule has 184 valence electrons. The third-order valence-electron chi connectivity index (χ3n) is 4.95. The first-order valence-electron chi connectivity index (χ1n) is 10.6. The summed E-state index contributed by atoms with van der Waals surface area (Å²) in [5.41, 5.74) is 0.872. The van der Waals surface area contributed by atoms with E-state index in [0.29, 0.717) is 21.6 Å². The highest BCUT2D eigenvalue weighted by molar-refractivity contribution is 6.33. The number of amides is 1. The number of rotatable bonds is 9. The molecule has 0 unspecified atom stereocenters. The number of hydrogen-bond acceptors (Lipinski definition) is 9. The number of benzene rings is 1. The Kier molecular flexibility index (Phi) is 7.92. The second kappa shape index (κ2) is 11.3. The lowest BCUT2D eigenvalue weighted by atomic mass is 10.1. The number of nitrogens with one attached hydrogen (secondary N) is 2. The topological polar surface area (TPSA) is 159 Å². The highest BCUT2D eigenvalue weighted by Gasteiger charge is 2.26. The van der Waals surface area contributed by atoms with Crippen LogP contribution in [-0.2, 0) is 9.53 Å². The van der Waals surface area contributed by atoms with Gasteiger partial charge in [0.05, 0.1) is 52.8 Å². The molecule has 4 rings (SSSR count). The van der Waals surface area contributed by atoms with Gasteiger partial charge >= 0.3 is 0 Å². The number of aliphatic hydroxyl groups excluding tert-OH is 1. The number of aromatic amines is 1. The van der Waals surface area contributed by atoms with Crippen molar-refractivity contribution < 1.29 is 19.4 Å². The molecule has 1 aromatic carbocycles. The maximum Gasteiger partial charge on any atom is 0.269 e. The zero-order valence-corrected chi connectivity index (χ0v) is 20.3. The standard InChI is InChI=1S/C23H19Cl2N7O4/c1-12(10-33)35-11-17(22(34)29-18-6-5-14(24)8-27-18)36-23-15-9-28-32-20(15)30-21(31-23)19-13(7-26)3-2-4-16(19)25/h2-6,8-9,12,17,33H,10-11H2,1H3,(H,27,29,34)(H,28,30,31,32)/t12-,17+/m1/s1. The van der Waals surface area contributed by atoms with Gasteiger partial charge in [0.25, 0.3) is 5.91 Å². The van der Waals surface area contributed by atoms with Crippen LogP contribution in [-0.4, -0.2) is 61.6 Å². The van der Waals surface area contributed by atoms with Gasteiger partial charge < -0.3 is 19.9 Å². The van der Waals surface area contributed by atoms with Gasteiger partial charge in [0.1, 0.15) is 11.2 Å². The maximum atomic E-state index is 13.1. The summed E-state index contributed by atoms with van der Waals surface area (Å²) in [5.74, 6) is -0.217. The second-order valence-corrected chi connectivity index (χ2v) is 8.39.